The average molecular weight is 491 g/mol. The maximum atomic E-state index is 15.0. The number of nitrogens with one attached hydrogen (secondary N) is 5. The lowest BCUT2D eigenvalue weighted by atomic mass is 9.67. The Kier molecular flexibility index (Phi) is 8.17. The van der Waals surface area contributed by atoms with Crippen molar-refractivity contribution >= 4 is 11.9 Å². The van der Waals surface area contributed by atoms with Crippen molar-refractivity contribution in [3.05, 3.63) is 0 Å². The Balaban J connectivity index is 1.26. The summed E-state index contributed by atoms with van der Waals surface area (Å²) in [6.07, 6.45) is 7.44. The van der Waals surface area contributed by atoms with Gasteiger partial charge in [0, 0.05) is 43.6 Å². The van der Waals surface area contributed by atoms with Crippen LogP contribution in [0.25, 0.3) is 0 Å². The molecule has 0 aromatic carbocycles. The average Bonchev–Trinajstić information content (AvgIpc) is 3.56. The molecular weight excluding hydrogens is 443 g/mol. The van der Waals surface area contributed by atoms with E-state index < -0.39 is 6.30 Å². The van der Waals surface area contributed by atoms with Gasteiger partial charge < -0.3 is 21.3 Å². The third kappa shape index (κ3) is 6.48. The van der Waals surface area contributed by atoms with Crippen LogP contribution in [0.2, 0.25) is 0 Å². The highest BCUT2D eigenvalue weighted by Gasteiger charge is 2.44. The number of alkyl halides is 1. The second kappa shape index (κ2) is 11.3. The molecule has 2 aliphatic carbocycles. The van der Waals surface area contributed by atoms with Crippen LogP contribution < -0.4 is 26.6 Å². The van der Waals surface area contributed by atoms with E-state index >= 15 is 4.39 Å². The Morgan fingerprint density at radius 1 is 1.06 bits per heavy atom. The Morgan fingerprint density at radius 2 is 1.91 bits per heavy atom. The summed E-state index contributed by atoms with van der Waals surface area (Å²) in [5.74, 6) is 3.44. The molecule has 2 saturated heterocycles. The molecule has 2 saturated carbocycles. The minimum Gasteiger partial charge on any atom is -0.356 e. The van der Waals surface area contributed by atoms with Crippen LogP contribution in [0.4, 0.5) is 4.39 Å². The van der Waals surface area contributed by atoms with Gasteiger partial charge in [0.15, 0.2) is 12.3 Å². The van der Waals surface area contributed by atoms with Crippen LogP contribution in [-0.2, 0) is 4.79 Å². The predicted octanol–water partition coefficient (Wildman–Crippen LogP) is 2.39. The number of hydrogen-bond acceptors (Lipinski definition) is 6. The lowest BCUT2D eigenvalue weighted by Crippen LogP contribution is -2.56. The standard InChI is InChI=1S/C27H47FN6O/c1-16-5-6-29-23(10-16)24(19-3-4-19)34-26(35)21-12-18(15-33-27-30-7-8-31-27)11-20(13-21)22-9-17(2)14-32-25(22)28/h16-25,29,32H,3-15H2,1-2H3,(H,34,35)(H2,30,31,33). The molecule has 9 atom stereocenters. The van der Waals surface area contributed by atoms with Crippen LogP contribution in [-0.4, -0.2) is 63.0 Å². The summed E-state index contributed by atoms with van der Waals surface area (Å²) in [4.78, 5) is 18.2. The number of piperidine rings is 2. The Bertz CT molecular complexity index is 760. The van der Waals surface area contributed by atoms with Crippen molar-refractivity contribution in [2.45, 2.75) is 83.6 Å². The summed E-state index contributed by atoms with van der Waals surface area (Å²) >= 11 is 0. The first kappa shape index (κ1) is 25.2. The molecule has 5 rings (SSSR count). The highest BCUT2D eigenvalue weighted by Crippen LogP contribution is 2.43. The minimum atomic E-state index is -0.959. The third-order valence-electron chi connectivity index (χ3n) is 9.33. The molecule has 8 heteroatoms. The smallest absolute Gasteiger partial charge is 0.223 e. The summed E-state index contributed by atoms with van der Waals surface area (Å²) in [5.41, 5.74) is 0. The SMILES string of the molecule is CC1CCNC(C(NC(=O)C2CC(CNC3=NCCN3)CC(C3CC(C)CNC3F)C2)C2CC2)C1. The quantitative estimate of drug-likeness (QED) is 0.354. The summed E-state index contributed by atoms with van der Waals surface area (Å²) in [6, 6.07) is 0.627. The van der Waals surface area contributed by atoms with Gasteiger partial charge in [0.1, 0.15) is 0 Å². The molecule has 7 nitrogen and oxygen atoms in total. The van der Waals surface area contributed by atoms with Gasteiger partial charge in [0.25, 0.3) is 0 Å². The second-order valence-corrected chi connectivity index (χ2v) is 12.4. The fraction of sp³-hybridized carbons (Fsp3) is 0.926. The van der Waals surface area contributed by atoms with Crippen molar-refractivity contribution in [3.8, 4) is 0 Å². The summed E-state index contributed by atoms with van der Waals surface area (Å²) in [6.45, 7) is 8.83. The zero-order valence-corrected chi connectivity index (χ0v) is 21.7. The van der Waals surface area contributed by atoms with Crippen LogP contribution >= 0.6 is 0 Å². The monoisotopic (exact) mass is 490 g/mol. The first-order valence-corrected chi connectivity index (χ1v) is 14.4. The first-order chi connectivity index (χ1) is 17.0. The minimum absolute atomic E-state index is 0.00103. The number of halogens is 1. The number of rotatable bonds is 7. The van der Waals surface area contributed by atoms with Crippen LogP contribution in [0, 0.1) is 41.4 Å². The maximum Gasteiger partial charge on any atom is 0.223 e. The molecule has 0 aromatic heterocycles. The molecule has 0 radical (unpaired) electrons. The topological polar surface area (TPSA) is 89.6 Å². The Hall–Kier alpha value is -1.41. The van der Waals surface area contributed by atoms with Crippen molar-refractivity contribution in [2.24, 2.45) is 46.4 Å². The molecule has 1 amide bonds. The van der Waals surface area contributed by atoms with Crippen molar-refractivity contribution in [3.63, 3.8) is 0 Å². The van der Waals surface area contributed by atoms with Crippen LogP contribution in [0.1, 0.15) is 65.2 Å². The fourth-order valence-electron chi connectivity index (χ4n) is 7.24. The highest BCUT2D eigenvalue weighted by atomic mass is 19.1. The second-order valence-electron chi connectivity index (χ2n) is 12.4. The number of guanidine groups is 1. The van der Waals surface area contributed by atoms with E-state index in [2.05, 4.69) is 45.4 Å². The zero-order valence-electron chi connectivity index (χ0n) is 21.7. The van der Waals surface area contributed by atoms with E-state index in [4.69, 9.17) is 0 Å². The number of carbonyl (C=O) groups is 1. The number of carbonyl (C=O) groups excluding carboxylic acids is 1. The molecule has 5 N–H and O–H groups in total. The van der Waals surface area contributed by atoms with E-state index in [0.717, 1.165) is 70.8 Å². The molecule has 3 aliphatic heterocycles. The molecule has 5 aliphatic rings. The predicted molar refractivity (Wildman–Crippen MR) is 138 cm³/mol. The number of hydrogen-bond donors (Lipinski definition) is 5. The van der Waals surface area contributed by atoms with Gasteiger partial charge in [0.2, 0.25) is 5.91 Å². The molecule has 35 heavy (non-hydrogen) atoms. The van der Waals surface area contributed by atoms with Gasteiger partial charge in [-0.15, -0.1) is 0 Å². The summed E-state index contributed by atoms with van der Waals surface area (Å²) in [7, 11) is 0. The van der Waals surface area contributed by atoms with Crippen molar-refractivity contribution in [1.82, 2.24) is 26.6 Å². The maximum absolute atomic E-state index is 15.0. The largest absolute Gasteiger partial charge is 0.356 e. The van der Waals surface area contributed by atoms with Crippen molar-refractivity contribution in [1.29, 1.82) is 0 Å². The van der Waals surface area contributed by atoms with Gasteiger partial charge in [0.05, 0.1) is 6.54 Å². The Labute approximate surface area is 210 Å². The van der Waals surface area contributed by atoms with Gasteiger partial charge in [-0.05, 0) is 87.5 Å². The third-order valence-corrected chi connectivity index (χ3v) is 9.33. The molecular formula is C27H47FN6O. The molecule has 9 unspecified atom stereocenters. The van der Waals surface area contributed by atoms with Gasteiger partial charge in [-0.2, -0.15) is 0 Å². The molecule has 3 heterocycles. The first-order valence-electron chi connectivity index (χ1n) is 14.4. The number of aliphatic imine (C=N–C) groups is 1. The van der Waals surface area contributed by atoms with Crippen LogP contribution in [0.3, 0.4) is 0 Å². The summed E-state index contributed by atoms with van der Waals surface area (Å²) in [5, 5.41) is 17.1. The van der Waals surface area contributed by atoms with Gasteiger partial charge in [-0.25, -0.2) is 4.39 Å². The number of nitrogens with zero attached hydrogens (tertiary/aromatic N) is 1. The number of amides is 1. The van der Waals surface area contributed by atoms with Crippen LogP contribution in [0.15, 0.2) is 4.99 Å². The van der Waals surface area contributed by atoms with Crippen LogP contribution in [0.5, 0.6) is 0 Å². The summed E-state index contributed by atoms with van der Waals surface area (Å²) < 4.78 is 15.0. The molecule has 4 fully saturated rings. The van der Waals surface area contributed by atoms with E-state index in [1.807, 2.05) is 0 Å². The van der Waals surface area contributed by atoms with Crippen molar-refractivity contribution in [2.75, 3.05) is 32.7 Å². The van der Waals surface area contributed by atoms with Crippen molar-refractivity contribution < 1.29 is 9.18 Å². The lowest BCUT2D eigenvalue weighted by molar-refractivity contribution is -0.129. The fourth-order valence-corrected chi connectivity index (χ4v) is 7.24. The van der Waals surface area contributed by atoms with Gasteiger partial charge in [-0.1, -0.05) is 13.8 Å². The van der Waals surface area contributed by atoms with Gasteiger partial charge in [-0.3, -0.25) is 15.1 Å². The zero-order chi connectivity index (χ0) is 24.4. The van der Waals surface area contributed by atoms with Gasteiger partial charge >= 0.3 is 0 Å². The molecule has 198 valence electrons. The Morgan fingerprint density at radius 3 is 2.66 bits per heavy atom. The van der Waals surface area contributed by atoms with E-state index in [9.17, 15) is 4.79 Å². The molecule has 0 spiro atoms. The van der Waals surface area contributed by atoms with E-state index in [1.54, 1.807) is 0 Å². The highest BCUT2D eigenvalue weighted by molar-refractivity contribution is 5.81. The van der Waals surface area contributed by atoms with E-state index in [-0.39, 0.29) is 29.7 Å². The molecule has 0 aromatic rings. The lowest BCUT2D eigenvalue weighted by Gasteiger charge is -2.43. The molecule has 0 bridgehead atoms. The normalized spacial score (nSPS) is 40.9. The van der Waals surface area contributed by atoms with E-state index in [0.29, 0.717) is 29.7 Å². The van der Waals surface area contributed by atoms with E-state index in [1.165, 1.54) is 19.3 Å².